The molecule has 1 saturated heterocycles. The van der Waals surface area contributed by atoms with Gasteiger partial charge >= 0.3 is 0 Å². The summed E-state index contributed by atoms with van der Waals surface area (Å²) >= 11 is 0. The quantitative estimate of drug-likeness (QED) is 0.859. The number of hydrogen-bond donors (Lipinski definition) is 2. The first kappa shape index (κ1) is 13.0. The third-order valence-corrected chi connectivity index (χ3v) is 3.18. The fourth-order valence-electron chi connectivity index (χ4n) is 2.05. The normalized spacial score (nSPS) is 23.1. The molecule has 0 spiro atoms. The lowest BCUT2D eigenvalue weighted by molar-refractivity contribution is -0.126. The molecule has 0 radical (unpaired) electrons. The molecule has 0 bridgehead atoms. The van der Waals surface area contributed by atoms with Crippen LogP contribution in [0.25, 0.3) is 0 Å². The molecule has 1 aliphatic heterocycles. The Labute approximate surface area is 105 Å². The molecule has 0 aliphatic carbocycles. The molecule has 0 saturated carbocycles. The number of ether oxygens (including phenoxy) is 1. The first-order chi connectivity index (χ1) is 8.61. The third kappa shape index (κ3) is 2.68. The molecule has 98 valence electrons. The standard InChI is InChI=1S/C13H17FN2O2/c1-8-4-5-18-12(8)13(17)16-10-2-3-11(14)9(6-10)7-15/h2-3,6,8,12H,4-5,7,15H2,1H3,(H,16,17). The van der Waals surface area contributed by atoms with Gasteiger partial charge in [0, 0.05) is 24.4 Å². The average molecular weight is 252 g/mol. The molecule has 1 aromatic carbocycles. The van der Waals surface area contributed by atoms with Crippen molar-refractivity contribution in [1.29, 1.82) is 0 Å². The maximum Gasteiger partial charge on any atom is 0.253 e. The van der Waals surface area contributed by atoms with E-state index in [0.717, 1.165) is 6.42 Å². The Morgan fingerprint density at radius 3 is 3.00 bits per heavy atom. The van der Waals surface area contributed by atoms with E-state index in [4.69, 9.17) is 10.5 Å². The number of carbonyl (C=O) groups excluding carboxylic acids is 1. The van der Waals surface area contributed by atoms with Crippen LogP contribution >= 0.6 is 0 Å². The lowest BCUT2D eigenvalue weighted by Gasteiger charge is -2.15. The van der Waals surface area contributed by atoms with Gasteiger partial charge < -0.3 is 15.8 Å². The van der Waals surface area contributed by atoms with Crippen LogP contribution in [0.5, 0.6) is 0 Å². The van der Waals surface area contributed by atoms with Gasteiger partial charge in [-0.2, -0.15) is 0 Å². The van der Waals surface area contributed by atoms with Crippen LogP contribution in [0.4, 0.5) is 10.1 Å². The van der Waals surface area contributed by atoms with Crippen LogP contribution in [0.15, 0.2) is 18.2 Å². The summed E-state index contributed by atoms with van der Waals surface area (Å²) in [6.07, 6.45) is 0.464. The van der Waals surface area contributed by atoms with E-state index >= 15 is 0 Å². The van der Waals surface area contributed by atoms with Crippen molar-refractivity contribution < 1.29 is 13.9 Å². The number of nitrogens with two attached hydrogens (primary N) is 1. The summed E-state index contributed by atoms with van der Waals surface area (Å²) in [5, 5.41) is 2.73. The molecule has 18 heavy (non-hydrogen) atoms. The topological polar surface area (TPSA) is 64.3 Å². The second-order valence-corrected chi connectivity index (χ2v) is 4.56. The van der Waals surface area contributed by atoms with E-state index in [9.17, 15) is 9.18 Å². The summed E-state index contributed by atoms with van der Waals surface area (Å²) in [4.78, 5) is 11.9. The summed E-state index contributed by atoms with van der Waals surface area (Å²) in [5.74, 6) is -0.338. The number of hydrogen-bond acceptors (Lipinski definition) is 3. The molecule has 1 amide bonds. The Hall–Kier alpha value is -1.46. The second-order valence-electron chi connectivity index (χ2n) is 4.56. The zero-order chi connectivity index (χ0) is 13.1. The van der Waals surface area contributed by atoms with Crippen LogP contribution in [0.3, 0.4) is 0 Å². The number of amides is 1. The molecule has 1 heterocycles. The largest absolute Gasteiger partial charge is 0.368 e. The molecular formula is C13H17FN2O2. The van der Waals surface area contributed by atoms with Crippen LogP contribution < -0.4 is 11.1 Å². The van der Waals surface area contributed by atoms with E-state index in [1.54, 1.807) is 6.07 Å². The highest BCUT2D eigenvalue weighted by atomic mass is 19.1. The third-order valence-electron chi connectivity index (χ3n) is 3.18. The Morgan fingerprint density at radius 1 is 1.61 bits per heavy atom. The number of anilines is 1. The first-order valence-corrected chi connectivity index (χ1v) is 6.02. The number of carbonyl (C=O) groups is 1. The van der Waals surface area contributed by atoms with Crippen molar-refractivity contribution in [3.05, 3.63) is 29.6 Å². The van der Waals surface area contributed by atoms with Gasteiger partial charge in [0.15, 0.2) is 0 Å². The van der Waals surface area contributed by atoms with E-state index in [1.807, 2.05) is 6.92 Å². The van der Waals surface area contributed by atoms with Crippen LogP contribution in [-0.2, 0) is 16.1 Å². The maximum atomic E-state index is 13.3. The Balaban J connectivity index is 2.07. The molecule has 0 aromatic heterocycles. The van der Waals surface area contributed by atoms with Gasteiger partial charge in [0.2, 0.25) is 0 Å². The average Bonchev–Trinajstić information content (AvgIpc) is 2.78. The molecule has 1 aliphatic rings. The minimum absolute atomic E-state index is 0.103. The summed E-state index contributed by atoms with van der Waals surface area (Å²) in [7, 11) is 0. The second kappa shape index (κ2) is 5.46. The van der Waals surface area contributed by atoms with Crippen molar-refractivity contribution in [3.8, 4) is 0 Å². The predicted molar refractivity (Wildman–Crippen MR) is 66.4 cm³/mol. The first-order valence-electron chi connectivity index (χ1n) is 6.02. The van der Waals surface area contributed by atoms with Gasteiger partial charge in [0.05, 0.1) is 0 Å². The van der Waals surface area contributed by atoms with Gasteiger partial charge in [0.1, 0.15) is 11.9 Å². The highest BCUT2D eigenvalue weighted by Crippen LogP contribution is 2.22. The number of halogens is 1. The predicted octanol–water partition coefficient (Wildman–Crippen LogP) is 1.65. The molecule has 2 atom stereocenters. The van der Waals surface area contributed by atoms with Crippen molar-refractivity contribution in [2.45, 2.75) is 26.0 Å². The van der Waals surface area contributed by atoms with Gasteiger partial charge in [-0.1, -0.05) is 6.92 Å². The van der Waals surface area contributed by atoms with Gasteiger partial charge in [0.25, 0.3) is 5.91 Å². The van der Waals surface area contributed by atoms with E-state index < -0.39 is 6.10 Å². The number of rotatable bonds is 3. The summed E-state index contributed by atoms with van der Waals surface area (Å²) < 4.78 is 18.6. The zero-order valence-corrected chi connectivity index (χ0v) is 10.3. The van der Waals surface area contributed by atoms with Crippen LogP contribution in [0, 0.1) is 11.7 Å². The summed E-state index contributed by atoms with van der Waals surface area (Å²) in [5.41, 5.74) is 6.35. The van der Waals surface area contributed by atoms with E-state index in [2.05, 4.69) is 5.32 Å². The van der Waals surface area contributed by atoms with Gasteiger partial charge in [-0.15, -0.1) is 0 Å². The van der Waals surface area contributed by atoms with Crippen molar-refractivity contribution in [2.24, 2.45) is 11.7 Å². The van der Waals surface area contributed by atoms with E-state index in [0.29, 0.717) is 17.9 Å². The van der Waals surface area contributed by atoms with E-state index in [-0.39, 0.29) is 24.2 Å². The Bertz CT molecular complexity index is 451. The molecular weight excluding hydrogens is 235 g/mol. The lowest BCUT2D eigenvalue weighted by atomic mass is 10.0. The smallest absolute Gasteiger partial charge is 0.253 e. The fourth-order valence-corrected chi connectivity index (χ4v) is 2.05. The highest BCUT2D eigenvalue weighted by Gasteiger charge is 2.30. The molecule has 1 fully saturated rings. The van der Waals surface area contributed by atoms with Gasteiger partial charge in [-0.3, -0.25) is 4.79 Å². The van der Waals surface area contributed by atoms with Crippen LogP contribution in [0.2, 0.25) is 0 Å². The molecule has 1 aromatic rings. The maximum absolute atomic E-state index is 13.3. The molecule has 2 unspecified atom stereocenters. The molecule has 2 rings (SSSR count). The Kier molecular flexibility index (Phi) is 3.93. The minimum Gasteiger partial charge on any atom is -0.368 e. The zero-order valence-electron chi connectivity index (χ0n) is 10.3. The molecule has 5 heteroatoms. The molecule has 3 N–H and O–H groups in total. The lowest BCUT2D eigenvalue weighted by Crippen LogP contribution is -2.31. The van der Waals surface area contributed by atoms with Crippen molar-refractivity contribution in [1.82, 2.24) is 0 Å². The van der Waals surface area contributed by atoms with Crippen molar-refractivity contribution >= 4 is 11.6 Å². The summed E-state index contributed by atoms with van der Waals surface area (Å²) in [6, 6.07) is 4.37. The number of benzene rings is 1. The molecule has 4 nitrogen and oxygen atoms in total. The number of nitrogens with one attached hydrogen (secondary N) is 1. The minimum atomic E-state index is -0.420. The summed E-state index contributed by atoms with van der Waals surface area (Å²) in [6.45, 7) is 2.69. The fraction of sp³-hybridized carbons (Fsp3) is 0.462. The van der Waals surface area contributed by atoms with Crippen molar-refractivity contribution in [2.75, 3.05) is 11.9 Å². The van der Waals surface area contributed by atoms with Gasteiger partial charge in [-0.25, -0.2) is 4.39 Å². The van der Waals surface area contributed by atoms with Crippen molar-refractivity contribution in [3.63, 3.8) is 0 Å². The monoisotopic (exact) mass is 252 g/mol. The van der Waals surface area contributed by atoms with Crippen LogP contribution in [-0.4, -0.2) is 18.6 Å². The Morgan fingerprint density at radius 2 is 2.39 bits per heavy atom. The highest BCUT2D eigenvalue weighted by molar-refractivity contribution is 5.94. The SMILES string of the molecule is CC1CCOC1C(=O)Nc1ccc(F)c(CN)c1. The van der Waals surface area contributed by atoms with E-state index in [1.165, 1.54) is 12.1 Å². The van der Waals surface area contributed by atoms with Gasteiger partial charge in [-0.05, 0) is 30.5 Å². The van der Waals surface area contributed by atoms with Crippen LogP contribution in [0.1, 0.15) is 18.9 Å².